The van der Waals surface area contributed by atoms with E-state index in [1.807, 2.05) is 24.3 Å². The lowest BCUT2D eigenvalue weighted by Crippen LogP contribution is -2.19. The number of ether oxygens (including phenoxy) is 1. The predicted molar refractivity (Wildman–Crippen MR) is 101 cm³/mol. The minimum Gasteiger partial charge on any atom is -0.508 e. The van der Waals surface area contributed by atoms with E-state index in [0.717, 1.165) is 11.3 Å². The van der Waals surface area contributed by atoms with E-state index >= 15 is 0 Å². The average molecular weight is 352 g/mol. The zero-order valence-corrected chi connectivity index (χ0v) is 14.1. The number of hydrogen-bond acceptors (Lipinski definition) is 5. The molecule has 2 N–H and O–H groups in total. The van der Waals surface area contributed by atoms with Crippen molar-refractivity contribution in [2.24, 2.45) is 4.99 Å². The Labute approximate surface area is 149 Å². The van der Waals surface area contributed by atoms with E-state index in [-0.39, 0.29) is 11.7 Å². The Bertz CT molecular complexity index is 840. The quantitative estimate of drug-likeness (QED) is 0.633. The van der Waals surface area contributed by atoms with Gasteiger partial charge in [-0.2, -0.15) is 0 Å². The van der Waals surface area contributed by atoms with Crippen LogP contribution in [0.15, 0.2) is 71.1 Å². The van der Waals surface area contributed by atoms with Gasteiger partial charge in [0.15, 0.2) is 5.17 Å². The Morgan fingerprint density at radius 3 is 2.56 bits per heavy atom. The Morgan fingerprint density at radius 1 is 1.16 bits per heavy atom. The highest BCUT2D eigenvalue weighted by Gasteiger charge is 2.23. The zero-order valence-electron chi connectivity index (χ0n) is 13.3. The summed E-state index contributed by atoms with van der Waals surface area (Å²) in [6.07, 6.45) is 3.49. The molecule has 2 aromatic carbocycles. The maximum atomic E-state index is 12.1. The molecule has 0 atom stereocenters. The number of aliphatic imine (C=N–C) groups is 1. The van der Waals surface area contributed by atoms with Crippen LogP contribution < -0.4 is 10.1 Å². The van der Waals surface area contributed by atoms with Gasteiger partial charge in [-0.15, -0.1) is 0 Å². The number of amidine groups is 1. The molecule has 6 heteroatoms. The first-order valence-electron chi connectivity index (χ1n) is 7.56. The van der Waals surface area contributed by atoms with E-state index in [9.17, 15) is 9.90 Å². The first-order chi connectivity index (χ1) is 12.1. The molecule has 0 aromatic heterocycles. The maximum Gasteiger partial charge on any atom is 0.264 e. The zero-order chi connectivity index (χ0) is 17.6. The van der Waals surface area contributed by atoms with Crippen LogP contribution in [-0.2, 0) is 4.79 Å². The van der Waals surface area contributed by atoms with E-state index in [2.05, 4.69) is 16.9 Å². The summed E-state index contributed by atoms with van der Waals surface area (Å²) >= 11 is 1.27. The van der Waals surface area contributed by atoms with Gasteiger partial charge < -0.3 is 15.2 Å². The summed E-state index contributed by atoms with van der Waals surface area (Å²) in [5.41, 5.74) is 1.56. The monoisotopic (exact) mass is 352 g/mol. The van der Waals surface area contributed by atoms with Crippen molar-refractivity contribution in [3.05, 3.63) is 71.7 Å². The molecule has 1 heterocycles. The highest BCUT2D eigenvalue weighted by molar-refractivity contribution is 8.18. The van der Waals surface area contributed by atoms with Crippen LogP contribution in [0.4, 0.5) is 5.69 Å². The average Bonchev–Trinajstić information content (AvgIpc) is 2.95. The molecule has 0 bridgehead atoms. The number of hydrogen-bond donors (Lipinski definition) is 2. The van der Waals surface area contributed by atoms with Crippen LogP contribution in [0.5, 0.6) is 11.5 Å². The van der Waals surface area contributed by atoms with Gasteiger partial charge in [-0.05, 0) is 59.8 Å². The van der Waals surface area contributed by atoms with Crippen LogP contribution in [0.2, 0.25) is 0 Å². The van der Waals surface area contributed by atoms with Crippen molar-refractivity contribution in [1.82, 2.24) is 5.32 Å². The molecule has 1 fully saturated rings. The first-order valence-corrected chi connectivity index (χ1v) is 8.38. The fraction of sp³-hybridized carbons (Fsp3) is 0.0526. The summed E-state index contributed by atoms with van der Waals surface area (Å²) in [5.74, 6) is 0.739. The second-order valence-electron chi connectivity index (χ2n) is 5.17. The summed E-state index contributed by atoms with van der Waals surface area (Å²) in [5, 5.41) is 12.5. The van der Waals surface area contributed by atoms with Crippen molar-refractivity contribution in [3.8, 4) is 11.5 Å². The van der Waals surface area contributed by atoms with E-state index in [1.165, 1.54) is 11.8 Å². The molecule has 0 radical (unpaired) electrons. The van der Waals surface area contributed by atoms with Gasteiger partial charge in [0.25, 0.3) is 5.91 Å². The number of phenolic OH excluding ortho intramolecular Hbond substituents is 1. The van der Waals surface area contributed by atoms with Crippen molar-refractivity contribution in [3.63, 3.8) is 0 Å². The van der Waals surface area contributed by atoms with E-state index in [4.69, 9.17) is 4.74 Å². The van der Waals surface area contributed by atoms with Gasteiger partial charge in [-0.1, -0.05) is 24.8 Å². The Morgan fingerprint density at radius 2 is 1.88 bits per heavy atom. The molecule has 126 valence electrons. The smallest absolute Gasteiger partial charge is 0.264 e. The van der Waals surface area contributed by atoms with Crippen LogP contribution in [0.25, 0.3) is 6.08 Å². The molecule has 5 nitrogen and oxygen atoms in total. The van der Waals surface area contributed by atoms with Gasteiger partial charge in [-0.25, -0.2) is 4.99 Å². The van der Waals surface area contributed by atoms with Crippen LogP contribution in [0, 0.1) is 0 Å². The number of nitrogens with one attached hydrogen (secondary N) is 1. The molecule has 0 aliphatic carbocycles. The lowest BCUT2D eigenvalue weighted by molar-refractivity contribution is -0.115. The number of phenols is 1. The number of nitrogens with zero attached hydrogens (tertiary/aromatic N) is 1. The molecule has 0 saturated carbocycles. The molecule has 25 heavy (non-hydrogen) atoms. The number of amides is 1. The van der Waals surface area contributed by atoms with Crippen LogP contribution in [0.3, 0.4) is 0 Å². The molecule has 0 spiro atoms. The van der Waals surface area contributed by atoms with Gasteiger partial charge >= 0.3 is 0 Å². The summed E-state index contributed by atoms with van der Waals surface area (Å²) in [6.45, 7) is 4.06. The molecule has 0 unspecified atom stereocenters. The van der Waals surface area contributed by atoms with Gasteiger partial charge in [-0.3, -0.25) is 4.79 Å². The summed E-state index contributed by atoms with van der Waals surface area (Å²) in [7, 11) is 0. The van der Waals surface area contributed by atoms with Gasteiger partial charge in [0.1, 0.15) is 18.1 Å². The van der Waals surface area contributed by atoms with Crippen molar-refractivity contribution in [1.29, 1.82) is 0 Å². The molecule has 1 saturated heterocycles. The number of thioether (sulfide) groups is 1. The molecule has 3 rings (SSSR count). The third-order valence-corrected chi connectivity index (χ3v) is 4.19. The van der Waals surface area contributed by atoms with Gasteiger partial charge in [0.05, 0.1) is 10.6 Å². The standard InChI is InChI=1S/C19H16N2O3S/c1-2-11-24-16-9-3-13(4-10-16)12-17-18(23)21-19(25-17)20-14-5-7-15(22)8-6-14/h2-10,12,22H,1,11H2,(H,20,21,23)/b17-12-. The largest absolute Gasteiger partial charge is 0.508 e. The number of aromatic hydroxyl groups is 1. The van der Waals surface area contributed by atoms with Gasteiger partial charge in [0.2, 0.25) is 0 Å². The number of carbonyl (C=O) groups excluding carboxylic acids is 1. The summed E-state index contributed by atoms with van der Waals surface area (Å²) in [6, 6.07) is 13.9. The third kappa shape index (κ3) is 4.51. The fourth-order valence-electron chi connectivity index (χ4n) is 2.09. The van der Waals surface area contributed by atoms with Crippen molar-refractivity contribution >= 4 is 34.6 Å². The minimum atomic E-state index is -0.186. The fourth-order valence-corrected chi connectivity index (χ4v) is 2.93. The first kappa shape index (κ1) is 16.9. The Kier molecular flexibility index (Phi) is 5.20. The highest BCUT2D eigenvalue weighted by atomic mass is 32.2. The number of carbonyl (C=O) groups is 1. The Balaban J connectivity index is 1.72. The van der Waals surface area contributed by atoms with E-state index in [1.54, 1.807) is 36.4 Å². The van der Waals surface area contributed by atoms with E-state index in [0.29, 0.717) is 22.4 Å². The van der Waals surface area contributed by atoms with Crippen LogP contribution in [-0.4, -0.2) is 22.8 Å². The summed E-state index contributed by atoms with van der Waals surface area (Å²) in [4.78, 5) is 17.0. The normalized spacial score (nSPS) is 16.9. The second kappa shape index (κ2) is 7.72. The van der Waals surface area contributed by atoms with Crippen LogP contribution in [0.1, 0.15) is 5.56 Å². The van der Waals surface area contributed by atoms with Crippen molar-refractivity contribution in [2.75, 3.05) is 6.61 Å². The van der Waals surface area contributed by atoms with E-state index < -0.39 is 0 Å². The van der Waals surface area contributed by atoms with Crippen molar-refractivity contribution < 1.29 is 14.6 Å². The highest BCUT2D eigenvalue weighted by Crippen LogP contribution is 2.28. The molecular weight excluding hydrogens is 336 g/mol. The SMILES string of the molecule is C=CCOc1ccc(/C=C2\SC(=Nc3ccc(O)cc3)NC2=O)cc1. The maximum absolute atomic E-state index is 12.1. The number of benzene rings is 2. The second-order valence-corrected chi connectivity index (χ2v) is 6.20. The van der Waals surface area contributed by atoms with Gasteiger partial charge in [0, 0.05) is 0 Å². The third-order valence-electron chi connectivity index (χ3n) is 3.28. The Hall–Kier alpha value is -2.99. The molecule has 1 aliphatic rings. The summed E-state index contributed by atoms with van der Waals surface area (Å²) < 4.78 is 5.43. The topological polar surface area (TPSA) is 70.9 Å². The predicted octanol–water partition coefficient (Wildman–Crippen LogP) is 3.85. The lowest BCUT2D eigenvalue weighted by Gasteiger charge is -2.03. The number of rotatable bonds is 5. The lowest BCUT2D eigenvalue weighted by atomic mass is 10.2. The molecular formula is C19H16N2O3S. The minimum absolute atomic E-state index is 0.174. The molecule has 2 aromatic rings. The van der Waals surface area contributed by atoms with Crippen molar-refractivity contribution in [2.45, 2.75) is 0 Å². The van der Waals surface area contributed by atoms with Crippen LogP contribution >= 0.6 is 11.8 Å². The molecule has 1 aliphatic heterocycles. The molecule has 1 amide bonds.